The van der Waals surface area contributed by atoms with Crippen LogP contribution in [0.5, 0.6) is 5.75 Å². The molecule has 0 bridgehead atoms. The van der Waals surface area contributed by atoms with Crippen LogP contribution < -0.4 is 4.74 Å². The number of hydrogen-bond acceptors (Lipinski definition) is 1. The first kappa shape index (κ1) is 8.89. The van der Waals surface area contributed by atoms with Crippen molar-refractivity contribution in [1.29, 1.82) is 0 Å². The predicted molar refractivity (Wildman–Crippen MR) is 54.5 cm³/mol. The van der Waals surface area contributed by atoms with Gasteiger partial charge >= 0.3 is 0 Å². The minimum Gasteiger partial charge on any atom is -0.489 e. The highest BCUT2D eigenvalue weighted by Gasteiger charge is 2.24. The molecule has 0 aromatic heterocycles. The van der Waals surface area contributed by atoms with Crippen molar-refractivity contribution < 1.29 is 4.74 Å². The van der Waals surface area contributed by atoms with Crippen molar-refractivity contribution in [3.8, 4) is 5.75 Å². The molecule has 0 saturated heterocycles. The molecule has 1 aromatic rings. The minimum atomic E-state index is 0.421. The van der Waals surface area contributed by atoms with Crippen LogP contribution >= 0.6 is 11.6 Å². The maximum atomic E-state index is 6.06. The highest BCUT2D eigenvalue weighted by Crippen LogP contribution is 2.32. The normalized spacial score (nSPS) is 15.8. The van der Waals surface area contributed by atoms with Gasteiger partial charge in [-0.15, -0.1) is 0 Å². The van der Waals surface area contributed by atoms with Gasteiger partial charge in [0.25, 0.3) is 0 Å². The first-order chi connectivity index (χ1) is 6.29. The van der Waals surface area contributed by atoms with Crippen molar-refractivity contribution in [3.63, 3.8) is 0 Å². The number of ether oxygens (including phenoxy) is 1. The molecule has 0 spiro atoms. The fourth-order valence-electron chi connectivity index (χ4n) is 1.23. The highest BCUT2D eigenvalue weighted by atomic mass is 35.5. The molecule has 13 heavy (non-hydrogen) atoms. The number of rotatable bonds is 3. The molecule has 0 atom stereocenters. The number of hydrogen-bond donors (Lipinski definition) is 0. The third kappa shape index (κ3) is 2.16. The van der Waals surface area contributed by atoms with Crippen LogP contribution in [0, 0.1) is 0 Å². The fraction of sp³-hybridized carbons (Fsp3) is 0.455. The zero-order valence-corrected chi connectivity index (χ0v) is 8.47. The van der Waals surface area contributed by atoms with Crippen LogP contribution in [0.4, 0.5) is 0 Å². The van der Waals surface area contributed by atoms with E-state index in [1.165, 1.54) is 18.4 Å². The highest BCUT2D eigenvalue weighted by molar-refractivity contribution is 6.32. The Hall–Kier alpha value is -0.690. The maximum absolute atomic E-state index is 6.06. The van der Waals surface area contributed by atoms with Crippen molar-refractivity contribution in [1.82, 2.24) is 0 Å². The van der Waals surface area contributed by atoms with E-state index in [0.29, 0.717) is 6.10 Å². The summed E-state index contributed by atoms with van der Waals surface area (Å²) in [5.74, 6) is 0.835. The van der Waals surface area contributed by atoms with Crippen molar-refractivity contribution in [2.45, 2.75) is 32.3 Å². The average molecular weight is 197 g/mol. The van der Waals surface area contributed by atoms with Gasteiger partial charge in [-0.25, -0.2) is 0 Å². The van der Waals surface area contributed by atoms with E-state index in [1.807, 2.05) is 12.1 Å². The Morgan fingerprint density at radius 2 is 2.23 bits per heavy atom. The molecule has 0 unspecified atom stereocenters. The Morgan fingerprint density at radius 3 is 2.77 bits per heavy atom. The quantitative estimate of drug-likeness (QED) is 0.720. The molecule has 0 radical (unpaired) electrons. The fourth-order valence-corrected chi connectivity index (χ4v) is 1.47. The Kier molecular flexibility index (Phi) is 2.45. The monoisotopic (exact) mass is 196 g/mol. The summed E-state index contributed by atoms with van der Waals surface area (Å²) in [5, 5.41) is 0.742. The van der Waals surface area contributed by atoms with E-state index >= 15 is 0 Å². The summed E-state index contributed by atoms with van der Waals surface area (Å²) in [6, 6.07) is 6.03. The SMILES string of the molecule is CCc1ccc(OC2CC2)c(Cl)c1. The molecule has 1 nitrogen and oxygen atoms in total. The predicted octanol–water partition coefficient (Wildman–Crippen LogP) is 3.44. The number of halogens is 1. The second-order valence-corrected chi connectivity index (χ2v) is 3.84. The molecule has 1 saturated carbocycles. The first-order valence-corrected chi connectivity index (χ1v) is 5.12. The number of benzene rings is 1. The Bertz CT molecular complexity index is 305. The molecule has 0 heterocycles. The van der Waals surface area contributed by atoms with E-state index in [4.69, 9.17) is 16.3 Å². The van der Waals surface area contributed by atoms with E-state index in [1.54, 1.807) is 0 Å². The van der Waals surface area contributed by atoms with Gasteiger partial charge in [0, 0.05) is 0 Å². The van der Waals surface area contributed by atoms with Crippen molar-refractivity contribution in [3.05, 3.63) is 28.8 Å². The summed E-state index contributed by atoms with van der Waals surface area (Å²) >= 11 is 6.06. The summed E-state index contributed by atoms with van der Waals surface area (Å²) in [6.07, 6.45) is 3.78. The lowest BCUT2D eigenvalue weighted by molar-refractivity contribution is 0.303. The molecule has 1 aromatic carbocycles. The van der Waals surface area contributed by atoms with Crippen LogP contribution in [-0.4, -0.2) is 6.10 Å². The second kappa shape index (κ2) is 3.59. The largest absolute Gasteiger partial charge is 0.489 e. The molecule has 0 amide bonds. The van der Waals surface area contributed by atoms with E-state index < -0.39 is 0 Å². The number of aryl methyl sites for hydroxylation is 1. The lowest BCUT2D eigenvalue weighted by Gasteiger charge is -2.07. The summed E-state index contributed by atoms with van der Waals surface area (Å²) in [6.45, 7) is 2.12. The van der Waals surface area contributed by atoms with Crippen LogP contribution in [0.3, 0.4) is 0 Å². The van der Waals surface area contributed by atoms with E-state index in [2.05, 4.69) is 13.0 Å². The molecule has 2 heteroatoms. The van der Waals surface area contributed by atoms with Gasteiger partial charge in [-0.05, 0) is 37.0 Å². The molecule has 0 N–H and O–H groups in total. The van der Waals surface area contributed by atoms with Gasteiger partial charge in [-0.1, -0.05) is 24.6 Å². The van der Waals surface area contributed by atoms with E-state index in [0.717, 1.165) is 17.2 Å². The third-order valence-corrected chi connectivity index (χ3v) is 2.52. The second-order valence-electron chi connectivity index (χ2n) is 3.44. The average Bonchev–Trinajstić information content (AvgIpc) is 2.92. The van der Waals surface area contributed by atoms with Gasteiger partial charge in [-0.3, -0.25) is 0 Å². The van der Waals surface area contributed by atoms with E-state index in [9.17, 15) is 0 Å². The minimum absolute atomic E-state index is 0.421. The third-order valence-electron chi connectivity index (χ3n) is 2.22. The summed E-state index contributed by atoms with van der Waals surface area (Å²) in [7, 11) is 0. The standard InChI is InChI=1S/C11H13ClO/c1-2-8-3-6-11(10(12)7-8)13-9-4-5-9/h3,6-7,9H,2,4-5H2,1H3. The molecule has 1 aliphatic carbocycles. The van der Waals surface area contributed by atoms with Crippen molar-refractivity contribution in [2.24, 2.45) is 0 Å². The zero-order valence-electron chi connectivity index (χ0n) is 7.72. The van der Waals surface area contributed by atoms with Gasteiger partial charge in [0.1, 0.15) is 5.75 Å². The smallest absolute Gasteiger partial charge is 0.138 e. The van der Waals surface area contributed by atoms with Crippen molar-refractivity contribution in [2.75, 3.05) is 0 Å². The molecular formula is C11H13ClO. The molecule has 70 valence electrons. The topological polar surface area (TPSA) is 9.23 Å². The Labute approximate surface area is 83.7 Å². The first-order valence-electron chi connectivity index (χ1n) is 4.74. The van der Waals surface area contributed by atoms with Gasteiger partial charge in [0.2, 0.25) is 0 Å². The summed E-state index contributed by atoms with van der Waals surface area (Å²) in [4.78, 5) is 0. The maximum Gasteiger partial charge on any atom is 0.138 e. The lowest BCUT2D eigenvalue weighted by Crippen LogP contribution is -1.96. The van der Waals surface area contributed by atoms with Crippen LogP contribution in [0.2, 0.25) is 5.02 Å². The zero-order chi connectivity index (χ0) is 9.26. The summed E-state index contributed by atoms with van der Waals surface area (Å²) < 4.78 is 5.62. The van der Waals surface area contributed by atoms with Gasteiger partial charge in [0.15, 0.2) is 0 Å². The van der Waals surface area contributed by atoms with Gasteiger partial charge in [0.05, 0.1) is 11.1 Å². The van der Waals surface area contributed by atoms with Crippen LogP contribution in [0.25, 0.3) is 0 Å². The molecule has 0 aliphatic heterocycles. The van der Waals surface area contributed by atoms with Crippen LogP contribution in [0.1, 0.15) is 25.3 Å². The van der Waals surface area contributed by atoms with Gasteiger partial charge in [-0.2, -0.15) is 0 Å². The molecular weight excluding hydrogens is 184 g/mol. The molecule has 1 fully saturated rings. The summed E-state index contributed by atoms with van der Waals surface area (Å²) in [5.41, 5.74) is 1.26. The molecule has 2 rings (SSSR count). The molecule has 1 aliphatic rings. The lowest BCUT2D eigenvalue weighted by atomic mass is 10.2. The van der Waals surface area contributed by atoms with Crippen LogP contribution in [0.15, 0.2) is 18.2 Å². The Morgan fingerprint density at radius 1 is 1.46 bits per heavy atom. The van der Waals surface area contributed by atoms with E-state index in [-0.39, 0.29) is 0 Å². The van der Waals surface area contributed by atoms with Gasteiger partial charge < -0.3 is 4.74 Å². The Balaban J connectivity index is 2.15. The van der Waals surface area contributed by atoms with Crippen LogP contribution in [-0.2, 0) is 6.42 Å². The van der Waals surface area contributed by atoms with Crippen molar-refractivity contribution >= 4 is 11.6 Å².